The minimum atomic E-state index is -0.901. The lowest BCUT2D eigenvalue weighted by atomic mass is 9.63. The van der Waals surface area contributed by atoms with Gasteiger partial charge in [-0.3, -0.25) is 4.79 Å². The molecule has 2 N–H and O–H groups in total. The van der Waals surface area contributed by atoms with E-state index in [1.54, 1.807) is 0 Å². The third-order valence-corrected chi connectivity index (χ3v) is 3.13. The summed E-state index contributed by atoms with van der Waals surface area (Å²) in [6.07, 6.45) is 3.24. The van der Waals surface area contributed by atoms with Gasteiger partial charge in [-0.25, -0.2) is 0 Å². The van der Waals surface area contributed by atoms with Crippen LogP contribution >= 0.6 is 0 Å². The Bertz CT molecular complexity index is 167. The number of aliphatic carboxylic acids is 1. The van der Waals surface area contributed by atoms with Gasteiger partial charge in [0.05, 0.1) is 12.5 Å². The molecule has 0 aromatic heterocycles. The number of aliphatic hydroxyl groups excluding tert-OH is 1. The Hall–Kier alpha value is -0.570. The Balaban J connectivity index is 2.48. The molecule has 0 aliphatic heterocycles. The van der Waals surface area contributed by atoms with Crippen molar-refractivity contribution in [2.75, 3.05) is 0 Å². The van der Waals surface area contributed by atoms with Gasteiger partial charge in [0, 0.05) is 0 Å². The van der Waals surface area contributed by atoms with Crippen molar-refractivity contribution in [1.82, 2.24) is 0 Å². The zero-order chi connectivity index (χ0) is 9.19. The number of carbonyl (C=O) groups is 1. The fourth-order valence-corrected chi connectivity index (χ4v) is 1.94. The van der Waals surface area contributed by atoms with Crippen molar-refractivity contribution >= 4 is 5.97 Å². The van der Waals surface area contributed by atoms with Crippen LogP contribution in [-0.2, 0) is 4.79 Å². The minimum Gasteiger partial charge on any atom is -0.481 e. The number of carboxylic acid groups (broad SMARTS) is 1. The van der Waals surface area contributed by atoms with E-state index in [4.69, 9.17) is 5.11 Å². The quantitative estimate of drug-likeness (QED) is 0.674. The van der Waals surface area contributed by atoms with E-state index in [0.717, 1.165) is 25.7 Å². The van der Waals surface area contributed by atoms with Crippen molar-refractivity contribution in [2.24, 2.45) is 5.41 Å². The summed E-state index contributed by atoms with van der Waals surface area (Å²) in [6, 6.07) is 0. The summed E-state index contributed by atoms with van der Waals surface area (Å²) >= 11 is 0. The van der Waals surface area contributed by atoms with Crippen molar-refractivity contribution in [1.29, 1.82) is 0 Å². The molecule has 1 aliphatic carbocycles. The molecule has 1 rings (SSSR count). The molecule has 0 amide bonds. The first-order valence-electron chi connectivity index (χ1n) is 4.50. The van der Waals surface area contributed by atoms with E-state index in [1.807, 2.05) is 6.92 Å². The van der Waals surface area contributed by atoms with Crippen LogP contribution in [0.3, 0.4) is 0 Å². The zero-order valence-corrected chi connectivity index (χ0v) is 7.42. The van der Waals surface area contributed by atoms with Crippen LogP contribution < -0.4 is 0 Å². The first-order valence-corrected chi connectivity index (χ1v) is 4.50. The summed E-state index contributed by atoms with van der Waals surface area (Å²) in [4.78, 5) is 10.4. The van der Waals surface area contributed by atoms with Crippen LogP contribution in [0.25, 0.3) is 0 Å². The van der Waals surface area contributed by atoms with Gasteiger partial charge >= 0.3 is 5.97 Å². The molecule has 70 valence electrons. The van der Waals surface area contributed by atoms with Gasteiger partial charge in [-0.1, -0.05) is 13.3 Å². The molecule has 1 aliphatic rings. The van der Waals surface area contributed by atoms with Crippen LogP contribution in [0.1, 0.15) is 39.0 Å². The Morgan fingerprint density at radius 3 is 2.42 bits per heavy atom. The fraction of sp³-hybridized carbons (Fsp3) is 0.889. The summed E-state index contributed by atoms with van der Waals surface area (Å²) in [6.45, 7) is 2.02. The van der Waals surface area contributed by atoms with E-state index < -0.39 is 12.1 Å². The van der Waals surface area contributed by atoms with E-state index >= 15 is 0 Å². The number of hydrogen-bond donors (Lipinski definition) is 2. The Morgan fingerprint density at radius 2 is 2.17 bits per heavy atom. The van der Waals surface area contributed by atoms with Crippen LogP contribution in [0.5, 0.6) is 0 Å². The largest absolute Gasteiger partial charge is 0.481 e. The number of aliphatic hydroxyl groups is 1. The zero-order valence-electron chi connectivity index (χ0n) is 7.42. The summed E-state index contributed by atoms with van der Waals surface area (Å²) in [5.74, 6) is -0.901. The van der Waals surface area contributed by atoms with Gasteiger partial charge in [-0.15, -0.1) is 0 Å². The predicted molar refractivity (Wildman–Crippen MR) is 44.8 cm³/mol. The smallest absolute Gasteiger partial charge is 0.305 e. The van der Waals surface area contributed by atoms with Crippen LogP contribution in [-0.4, -0.2) is 22.3 Å². The number of rotatable bonds is 4. The summed E-state index contributed by atoms with van der Waals surface area (Å²) in [7, 11) is 0. The van der Waals surface area contributed by atoms with Gasteiger partial charge in [0.25, 0.3) is 0 Å². The van der Waals surface area contributed by atoms with Gasteiger partial charge in [-0.05, 0) is 24.7 Å². The highest BCUT2D eigenvalue weighted by Gasteiger charge is 2.42. The van der Waals surface area contributed by atoms with E-state index in [9.17, 15) is 9.90 Å². The maximum Gasteiger partial charge on any atom is 0.305 e. The molecule has 0 spiro atoms. The molecule has 0 heterocycles. The molecule has 0 bridgehead atoms. The average Bonchev–Trinajstić information content (AvgIpc) is 1.83. The van der Waals surface area contributed by atoms with Crippen molar-refractivity contribution < 1.29 is 15.0 Å². The van der Waals surface area contributed by atoms with Gasteiger partial charge in [0.15, 0.2) is 0 Å². The van der Waals surface area contributed by atoms with Gasteiger partial charge in [0.1, 0.15) is 0 Å². The lowest BCUT2D eigenvalue weighted by Gasteiger charge is -2.44. The second-order valence-corrected chi connectivity index (χ2v) is 3.68. The van der Waals surface area contributed by atoms with E-state index in [2.05, 4.69) is 0 Å². The van der Waals surface area contributed by atoms with Gasteiger partial charge in [0.2, 0.25) is 0 Å². The molecular formula is C9H16O3. The predicted octanol–water partition coefficient (Wildman–Crippen LogP) is 1.40. The molecule has 1 atom stereocenters. The normalized spacial score (nSPS) is 22.8. The Morgan fingerprint density at radius 1 is 1.58 bits per heavy atom. The van der Waals surface area contributed by atoms with Crippen molar-refractivity contribution in [2.45, 2.75) is 45.1 Å². The number of carboxylic acids is 1. The molecule has 3 nitrogen and oxygen atoms in total. The van der Waals surface area contributed by atoms with Crippen LogP contribution in [0, 0.1) is 5.41 Å². The SMILES string of the molecule is CCC1([C@H](O)CC(=O)O)CCC1. The first kappa shape index (κ1) is 9.52. The van der Waals surface area contributed by atoms with Crippen molar-refractivity contribution in [3.8, 4) is 0 Å². The second-order valence-electron chi connectivity index (χ2n) is 3.68. The lowest BCUT2D eigenvalue weighted by Crippen LogP contribution is -2.41. The van der Waals surface area contributed by atoms with E-state index in [0.29, 0.717) is 0 Å². The van der Waals surface area contributed by atoms with E-state index in [1.165, 1.54) is 0 Å². The Labute approximate surface area is 72.4 Å². The van der Waals surface area contributed by atoms with Crippen molar-refractivity contribution in [3.63, 3.8) is 0 Å². The maximum atomic E-state index is 10.4. The lowest BCUT2D eigenvalue weighted by molar-refractivity contribution is -0.143. The summed E-state index contributed by atoms with van der Waals surface area (Å²) < 4.78 is 0. The molecule has 1 saturated carbocycles. The highest BCUT2D eigenvalue weighted by atomic mass is 16.4. The second kappa shape index (κ2) is 3.44. The molecule has 0 aromatic rings. The third-order valence-electron chi connectivity index (χ3n) is 3.13. The van der Waals surface area contributed by atoms with Crippen molar-refractivity contribution in [3.05, 3.63) is 0 Å². The van der Waals surface area contributed by atoms with Gasteiger partial charge < -0.3 is 10.2 Å². The third kappa shape index (κ3) is 1.61. The molecule has 0 aromatic carbocycles. The van der Waals surface area contributed by atoms with E-state index in [-0.39, 0.29) is 11.8 Å². The topological polar surface area (TPSA) is 57.5 Å². The van der Waals surface area contributed by atoms with Crippen LogP contribution in [0.4, 0.5) is 0 Å². The minimum absolute atomic E-state index is 0.0710. The molecule has 1 fully saturated rings. The molecule has 12 heavy (non-hydrogen) atoms. The number of hydrogen-bond acceptors (Lipinski definition) is 2. The van der Waals surface area contributed by atoms with Gasteiger partial charge in [-0.2, -0.15) is 0 Å². The summed E-state index contributed by atoms with van der Waals surface area (Å²) in [5.41, 5.74) is -0.0710. The molecule has 0 unspecified atom stereocenters. The molecule has 0 radical (unpaired) electrons. The standard InChI is InChI=1S/C9H16O3/c1-2-9(4-3-5-9)7(10)6-8(11)12/h7,10H,2-6H2,1H3,(H,11,12)/t7-/m1/s1. The first-order chi connectivity index (χ1) is 5.60. The molecule has 0 saturated heterocycles. The summed E-state index contributed by atoms with van der Waals surface area (Å²) in [5, 5.41) is 18.1. The maximum absolute atomic E-state index is 10.4. The Kier molecular flexibility index (Phi) is 2.73. The highest BCUT2D eigenvalue weighted by Crippen LogP contribution is 2.47. The fourth-order valence-electron chi connectivity index (χ4n) is 1.94. The molecule has 3 heteroatoms. The van der Waals surface area contributed by atoms with Crippen LogP contribution in [0.15, 0.2) is 0 Å². The average molecular weight is 172 g/mol. The monoisotopic (exact) mass is 172 g/mol. The molecular weight excluding hydrogens is 156 g/mol. The highest BCUT2D eigenvalue weighted by molar-refractivity contribution is 5.67. The van der Waals surface area contributed by atoms with Crippen LogP contribution in [0.2, 0.25) is 0 Å².